The van der Waals surface area contributed by atoms with Crippen molar-refractivity contribution in [1.82, 2.24) is 19.6 Å². The molecule has 0 saturated heterocycles. The molecule has 4 aromatic rings. The van der Waals surface area contributed by atoms with Crippen molar-refractivity contribution in [3.63, 3.8) is 0 Å². The highest BCUT2D eigenvalue weighted by Gasteiger charge is 2.08. The van der Waals surface area contributed by atoms with E-state index in [0.717, 1.165) is 10.9 Å². The molecule has 2 aromatic carbocycles. The predicted molar refractivity (Wildman–Crippen MR) is 110 cm³/mol. The number of rotatable bonds is 6. The fourth-order valence-electron chi connectivity index (χ4n) is 3.33. The summed E-state index contributed by atoms with van der Waals surface area (Å²) in [6.45, 7) is 5.34. The first-order valence-corrected chi connectivity index (χ1v) is 9.37. The van der Waals surface area contributed by atoms with Crippen LogP contribution in [-0.4, -0.2) is 25.5 Å². The Morgan fingerprint density at radius 1 is 1.04 bits per heavy atom. The van der Waals surface area contributed by atoms with Crippen molar-refractivity contribution in [3.8, 4) is 0 Å². The number of anilines is 1. The molecule has 0 bridgehead atoms. The first-order valence-electron chi connectivity index (χ1n) is 9.37. The number of amides is 1. The van der Waals surface area contributed by atoms with E-state index in [2.05, 4.69) is 59.7 Å². The van der Waals surface area contributed by atoms with Crippen LogP contribution in [0.1, 0.15) is 23.1 Å². The van der Waals surface area contributed by atoms with Gasteiger partial charge in [-0.3, -0.25) is 14.2 Å². The molecular weight excluding hydrogens is 350 g/mol. The van der Waals surface area contributed by atoms with Gasteiger partial charge in [0.1, 0.15) is 0 Å². The molecule has 1 N–H and O–H groups in total. The van der Waals surface area contributed by atoms with Gasteiger partial charge in [0.25, 0.3) is 0 Å². The average molecular weight is 373 g/mol. The normalized spacial score (nSPS) is 11.1. The summed E-state index contributed by atoms with van der Waals surface area (Å²) in [5, 5.41) is 12.7. The summed E-state index contributed by atoms with van der Waals surface area (Å²) in [5.41, 5.74) is 5.36. The van der Waals surface area contributed by atoms with Crippen molar-refractivity contribution in [3.05, 3.63) is 77.7 Å². The number of fused-ring (bicyclic) bond motifs is 1. The lowest BCUT2D eigenvalue weighted by atomic mass is 10.1. The Hall–Kier alpha value is -3.41. The van der Waals surface area contributed by atoms with Gasteiger partial charge >= 0.3 is 0 Å². The van der Waals surface area contributed by atoms with Crippen molar-refractivity contribution >= 4 is 22.5 Å². The zero-order chi connectivity index (χ0) is 19.5. The first-order chi connectivity index (χ1) is 13.6. The molecule has 28 heavy (non-hydrogen) atoms. The molecule has 4 rings (SSSR count). The van der Waals surface area contributed by atoms with Crippen LogP contribution >= 0.6 is 0 Å². The Morgan fingerprint density at radius 2 is 1.89 bits per heavy atom. The van der Waals surface area contributed by atoms with E-state index in [9.17, 15) is 4.79 Å². The molecule has 2 aromatic heterocycles. The molecule has 0 fully saturated rings. The zero-order valence-electron chi connectivity index (χ0n) is 16.1. The van der Waals surface area contributed by atoms with Crippen LogP contribution in [0.4, 0.5) is 5.69 Å². The molecule has 6 heteroatoms. The van der Waals surface area contributed by atoms with Crippen molar-refractivity contribution < 1.29 is 4.79 Å². The van der Waals surface area contributed by atoms with E-state index in [1.165, 1.54) is 16.7 Å². The van der Waals surface area contributed by atoms with Crippen LogP contribution in [0.25, 0.3) is 10.9 Å². The molecule has 0 spiro atoms. The number of aromatic nitrogens is 4. The van der Waals surface area contributed by atoms with Gasteiger partial charge in [-0.1, -0.05) is 41.5 Å². The van der Waals surface area contributed by atoms with Gasteiger partial charge in [-0.25, -0.2) is 0 Å². The van der Waals surface area contributed by atoms with Gasteiger partial charge in [0.05, 0.1) is 36.7 Å². The van der Waals surface area contributed by atoms with Gasteiger partial charge in [0, 0.05) is 18.0 Å². The number of hydrogen-bond donors (Lipinski definition) is 1. The highest BCUT2D eigenvalue weighted by molar-refractivity contribution is 5.90. The quantitative estimate of drug-likeness (QED) is 0.557. The molecule has 1 amide bonds. The van der Waals surface area contributed by atoms with Gasteiger partial charge in [-0.15, -0.1) is 0 Å². The van der Waals surface area contributed by atoms with Crippen molar-refractivity contribution in [2.75, 3.05) is 5.32 Å². The van der Waals surface area contributed by atoms with Crippen LogP contribution in [-0.2, 0) is 17.9 Å². The minimum absolute atomic E-state index is 0.0501. The molecule has 0 aliphatic heterocycles. The molecule has 6 nitrogen and oxygen atoms in total. The van der Waals surface area contributed by atoms with E-state index in [1.807, 2.05) is 33.9 Å². The van der Waals surface area contributed by atoms with E-state index in [-0.39, 0.29) is 5.91 Å². The molecule has 142 valence electrons. The first kappa shape index (κ1) is 18.0. The number of nitrogens with zero attached hydrogens (tertiary/aromatic N) is 4. The zero-order valence-corrected chi connectivity index (χ0v) is 16.1. The summed E-state index contributed by atoms with van der Waals surface area (Å²) >= 11 is 0. The lowest BCUT2D eigenvalue weighted by Crippen LogP contribution is -2.14. The molecule has 0 saturated carbocycles. The van der Waals surface area contributed by atoms with Crippen LogP contribution in [0.3, 0.4) is 0 Å². The van der Waals surface area contributed by atoms with E-state index >= 15 is 0 Å². The number of aryl methyl sites for hydroxylation is 3. The average Bonchev–Trinajstić information content (AvgIpc) is 3.26. The summed E-state index contributed by atoms with van der Waals surface area (Å²) in [6, 6.07) is 14.5. The third-order valence-electron chi connectivity index (χ3n) is 4.69. The van der Waals surface area contributed by atoms with E-state index in [0.29, 0.717) is 25.2 Å². The van der Waals surface area contributed by atoms with Crippen LogP contribution in [0, 0.1) is 13.8 Å². The van der Waals surface area contributed by atoms with E-state index < -0.39 is 0 Å². The maximum atomic E-state index is 12.3. The smallest absolute Gasteiger partial charge is 0.226 e. The van der Waals surface area contributed by atoms with Crippen LogP contribution in [0.15, 0.2) is 61.1 Å². The SMILES string of the molecule is Cc1cccc(Cn2cc(NC(=O)CCn3ncc4cc(C)ccc43)cn2)c1. The number of carbonyl (C=O) groups is 1. The van der Waals surface area contributed by atoms with Gasteiger partial charge in [-0.05, 0) is 31.5 Å². The summed E-state index contributed by atoms with van der Waals surface area (Å²) in [5.74, 6) is -0.0501. The third-order valence-corrected chi connectivity index (χ3v) is 4.69. The Balaban J connectivity index is 1.34. The second kappa shape index (κ2) is 7.68. The van der Waals surface area contributed by atoms with Crippen molar-refractivity contribution in [2.24, 2.45) is 0 Å². The van der Waals surface area contributed by atoms with Crippen LogP contribution in [0.2, 0.25) is 0 Å². The summed E-state index contributed by atoms with van der Waals surface area (Å²) in [4.78, 5) is 12.3. The van der Waals surface area contributed by atoms with Gasteiger partial charge in [0.15, 0.2) is 0 Å². The lowest BCUT2D eigenvalue weighted by molar-refractivity contribution is -0.116. The highest BCUT2D eigenvalue weighted by atomic mass is 16.1. The van der Waals surface area contributed by atoms with Crippen molar-refractivity contribution in [2.45, 2.75) is 33.4 Å². The van der Waals surface area contributed by atoms with Crippen molar-refractivity contribution in [1.29, 1.82) is 0 Å². The lowest BCUT2D eigenvalue weighted by Gasteiger charge is -2.05. The van der Waals surface area contributed by atoms with Gasteiger partial charge in [0.2, 0.25) is 5.91 Å². The second-order valence-corrected chi connectivity index (χ2v) is 7.14. The monoisotopic (exact) mass is 373 g/mol. The van der Waals surface area contributed by atoms with Gasteiger partial charge < -0.3 is 5.32 Å². The Morgan fingerprint density at radius 3 is 2.75 bits per heavy atom. The third kappa shape index (κ3) is 4.11. The number of hydrogen-bond acceptors (Lipinski definition) is 3. The van der Waals surface area contributed by atoms with Crippen LogP contribution in [0.5, 0.6) is 0 Å². The largest absolute Gasteiger partial charge is 0.323 e. The minimum atomic E-state index is -0.0501. The Kier molecular flexibility index (Phi) is 4.93. The summed E-state index contributed by atoms with van der Waals surface area (Å²) < 4.78 is 3.70. The maximum absolute atomic E-state index is 12.3. The minimum Gasteiger partial charge on any atom is -0.323 e. The predicted octanol–water partition coefficient (Wildman–Crippen LogP) is 3.93. The topological polar surface area (TPSA) is 64.7 Å². The second-order valence-electron chi connectivity index (χ2n) is 7.14. The molecule has 0 radical (unpaired) electrons. The number of nitrogens with one attached hydrogen (secondary N) is 1. The Bertz CT molecular complexity index is 1120. The Labute approximate surface area is 163 Å². The molecular formula is C22H23N5O. The summed E-state index contributed by atoms with van der Waals surface area (Å²) in [7, 11) is 0. The molecule has 2 heterocycles. The fourth-order valence-corrected chi connectivity index (χ4v) is 3.33. The van der Waals surface area contributed by atoms with Gasteiger partial charge in [-0.2, -0.15) is 10.2 Å². The standard InChI is InChI=1S/C22H23N5O/c1-16-4-3-5-18(10-16)14-26-15-20(13-23-26)25-22(28)8-9-27-21-7-6-17(2)11-19(21)12-24-27/h3-7,10-13,15H,8-9,14H2,1-2H3,(H,25,28). The van der Waals surface area contributed by atoms with E-state index in [1.54, 1.807) is 6.20 Å². The van der Waals surface area contributed by atoms with E-state index in [4.69, 9.17) is 0 Å². The number of benzene rings is 2. The fraction of sp³-hybridized carbons (Fsp3) is 0.227. The molecule has 0 aliphatic carbocycles. The maximum Gasteiger partial charge on any atom is 0.226 e. The molecule has 0 unspecified atom stereocenters. The number of carbonyl (C=O) groups excluding carboxylic acids is 1. The van der Waals surface area contributed by atoms with Crippen LogP contribution < -0.4 is 5.32 Å². The molecule has 0 atom stereocenters. The highest BCUT2D eigenvalue weighted by Crippen LogP contribution is 2.16. The molecule has 0 aliphatic rings. The summed E-state index contributed by atoms with van der Waals surface area (Å²) in [6.07, 6.45) is 5.73.